The first-order valence-corrected chi connectivity index (χ1v) is 5.68. The van der Waals surface area contributed by atoms with E-state index in [1.54, 1.807) is 14.2 Å². The summed E-state index contributed by atoms with van der Waals surface area (Å²) in [5, 5.41) is 3.37. The molecule has 1 aliphatic rings. The normalized spacial score (nSPS) is 31.9. The SMILES string of the molecule is COCC(CNCC1(C)COCC1N)OC. The predicted octanol–water partition coefficient (Wildman–Crippen LogP) is -0.399. The molecule has 0 saturated carbocycles. The minimum absolute atomic E-state index is 0.0331. The van der Waals surface area contributed by atoms with Gasteiger partial charge in [-0.15, -0.1) is 0 Å². The van der Waals surface area contributed by atoms with E-state index in [1.807, 2.05) is 0 Å². The van der Waals surface area contributed by atoms with Gasteiger partial charge in [0.2, 0.25) is 0 Å². The standard InChI is InChI=1S/C11H24N2O3/c1-11(8-16-6-10(11)12)7-13-4-9(15-3)5-14-2/h9-10,13H,4-8,12H2,1-3H3. The minimum atomic E-state index is 0.0331. The highest BCUT2D eigenvalue weighted by atomic mass is 16.5. The molecule has 0 amide bonds. The minimum Gasteiger partial charge on any atom is -0.382 e. The molecule has 3 unspecified atom stereocenters. The van der Waals surface area contributed by atoms with Gasteiger partial charge in [-0.1, -0.05) is 6.92 Å². The van der Waals surface area contributed by atoms with Crippen molar-refractivity contribution in [2.24, 2.45) is 11.1 Å². The molecule has 3 atom stereocenters. The molecule has 16 heavy (non-hydrogen) atoms. The van der Waals surface area contributed by atoms with E-state index in [2.05, 4.69) is 12.2 Å². The molecule has 96 valence electrons. The highest BCUT2D eigenvalue weighted by Crippen LogP contribution is 2.25. The van der Waals surface area contributed by atoms with E-state index < -0.39 is 0 Å². The van der Waals surface area contributed by atoms with E-state index in [4.69, 9.17) is 19.9 Å². The van der Waals surface area contributed by atoms with Crippen LogP contribution in [0.2, 0.25) is 0 Å². The lowest BCUT2D eigenvalue weighted by Crippen LogP contribution is -2.47. The third kappa shape index (κ3) is 3.68. The Morgan fingerprint density at radius 3 is 2.81 bits per heavy atom. The van der Waals surface area contributed by atoms with Crippen LogP contribution in [0.5, 0.6) is 0 Å². The summed E-state index contributed by atoms with van der Waals surface area (Å²) in [6.07, 6.45) is 0.0899. The van der Waals surface area contributed by atoms with Crippen molar-refractivity contribution in [3.8, 4) is 0 Å². The molecular formula is C11H24N2O3. The van der Waals surface area contributed by atoms with Crippen LogP contribution in [0.25, 0.3) is 0 Å². The first-order chi connectivity index (χ1) is 7.62. The number of rotatable bonds is 7. The lowest BCUT2D eigenvalue weighted by atomic mass is 9.86. The van der Waals surface area contributed by atoms with Gasteiger partial charge in [-0.2, -0.15) is 0 Å². The summed E-state index contributed by atoms with van der Waals surface area (Å²) in [6, 6.07) is 0.114. The van der Waals surface area contributed by atoms with Crippen LogP contribution in [0.4, 0.5) is 0 Å². The van der Waals surface area contributed by atoms with Crippen molar-refractivity contribution in [2.45, 2.75) is 19.1 Å². The quantitative estimate of drug-likeness (QED) is 0.625. The van der Waals surface area contributed by atoms with E-state index in [0.717, 1.165) is 19.7 Å². The molecule has 0 aliphatic carbocycles. The molecule has 0 radical (unpaired) electrons. The number of nitrogens with two attached hydrogens (primary N) is 1. The van der Waals surface area contributed by atoms with Gasteiger partial charge in [0, 0.05) is 38.8 Å². The van der Waals surface area contributed by atoms with Crippen LogP contribution in [0.3, 0.4) is 0 Å². The number of nitrogens with one attached hydrogen (secondary N) is 1. The zero-order valence-electron chi connectivity index (χ0n) is 10.5. The van der Waals surface area contributed by atoms with Gasteiger partial charge >= 0.3 is 0 Å². The van der Waals surface area contributed by atoms with Crippen molar-refractivity contribution >= 4 is 0 Å². The van der Waals surface area contributed by atoms with Crippen molar-refractivity contribution in [1.29, 1.82) is 0 Å². The van der Waals surface area contributed by atoms with Gasteiger partial charge in [0.25, 0.3) is 0 Å². The molecule has 1 rings (SSSR count). The van der Waals surface area contributed by atoms with Crippen LogP contribution in [-0.2, 0) is 14.2 Å². The van der Waals surface area contributed by atoms with Gasteiger partial charge in [-0.25, -0.2) is 0 Å². The van der Waals surface area contributed by atoms with Gasteiger partial charge < -0.3 is 25.3 Å². The Balaban J connectivity index is 2.23. The molecule has 1 fully saturated rings. The van der Waals surface area contributed by atoms with Crippen molar-refractivity contribution in [2.75, 3.05) is 47.1 Å². The lowest BCUT2D eigenvalue weighted by Gasteiger charge is -2.28. The van der Waals surface area contributed by atoms with Crippen molar-refractivity contribution in [1.82, 2.24) is 5.32 Å². The molecule has 0 aromatic carbocycles. The Bertz CT molecular complexity index is 204. The van der Waals surface area contributed by atoms with Crippen LogP contribution in [0.15, 0.2) is 0 Å². The van der Waals surface area contributed by atoms with Crippen molar-refractivity contribution < 1.29 is 14.2 Å². The fourth-order valence-corrected chi connectivity index (χ4v) is 1.82. The molecule has 1 saturated heterocycles. The molecule has 5 heteroatoms. The average Bonchev–Trinajstić information content (AvgIpc) is 2.58. The Morgan fingerprint density at radius 2 is 2.31 bits per heavy atom. The largest absolute Gasteiger partial charge is 0.382 e. The van der Waals surface area contributed by atoms with Crippen LogP contribution in [0.1, 0.15) is 6.92 Å². The zero-order valence-corrected chi connectivity index (χ0v) is 10.5. The van der Waals surface area contributed by atoms with Gasteiger partial charge in [0.1, 0.15) is 0 Å². The van der Waals surface area contributed by atoms with Crippen LogP contribution < -0.4 is 11.1 Å². The Kier molecular flexibility index (Phi) is 5.64. The molecule has 0 spiro atoms. The number of hydrogen-bond donors (Lipinski definition) is 2. The molecular weight excluding hydrogens is 208 g/mol. The maximum atomic E-state index is 6.00. The zero-order chi connectivity index (χ0) is 12.0. The summed E-state index contributed by atoms with van der Waals surface area (Å²) >= 11 is 0. The van der Waals surface area contributed by atoms with Gasteiger partial charge in [-0.05, 0) is 0 Å². The maximum absolute atomic E-state index is 6.00. The fourth-order valence-electron chi connectivity index (χ4n) is 1.82. The highest BCUT2D eigenvalue weighted by Gasteiger charge is 2.37. The third-order valence-electron chi connectivity index (χ3n) is 3.21. The highest BCUT2D eigenvalue weighted by molar-refractivity contribution is 4.91. The van der Waals surface area contributed by atoms with Gasteiger partial charge in [-0.3, -0.25) is 0 Å². The fraction of sp³-hybridized carbons (Fsp3) is 1.00. The lowest BCUT2D eigenvalue weighted by molar-refractivity contribution is 0.0271. The summed E-state index contributed by atoms with van der Waals surface area (Å²) in [5.74, 6) is 0. The molecule has 0 aromatic rings. The molecule has 0 aromatic heterocycles. The van der Waals surface area contributed by atoms with Gasteiger partial charge in [0.05, 0.1) is 25.9 Å². The smallest absolute Gasteiger partial charge is 0.0928 e. The van der Waals surface area contributed by atoms with E-state index >= 15 is 0 Å². The van der Waals surface area contributed by atoms with E-state index in [1.165, 1.54) is 0 Å². The van der Waals surface area contributed by atoms with Crippen LogP contribution >= 0.6 is 0 Å². The van der Waals surface area contributed by atoms with Crippen LogP contribution in [-0.4, -0.2) is 59.3 Å². The average molecular weight is 232 g/mol. The first kappa shape index (κ1) is 13.9. The number of ether oxygens (including phenoxy) is 3. The monoisotopic (exact) mass is 232 g/mol. The second-order valence-electron chi connectivity index (χ2n) is 4.72. The summed E-state index contributed by atoms with van der Waals surface area (Å²) < 4.78 is 15.7. The summed E-state index contributed by atoms with van der Waals surface area (Å²) in [4.78, 5) is 0. The second kappa shape index (κ2) is 6.51. The molecule has 3 N–H and O–H groups in total. The summed E-state index contributed by atoms with van der Waals surface area (Å²) in [5.41, 5.74) is 6.03. The predicted molar refractivity (Wildman–Crippen MR) is 62.4 cm³/mol. The summed E-state index contributed by atoms with van der Waals surface area (Å²) in [6.45, 7) is 5.75. The Morgan fingerprint density at radius 1 is 1.56 bits per heavy atom. The maximum Gasteiger partial charge on any atom is 0.0928 e. The third-order valence-corrected chi connectivity index (χ3v) is 3.21. The van der Waals surface area contributed by atoms with E-state index in [0.29, 0.717) is 13.2 Å². The van der Waals surface area contributed by atoms with E-state index in [-0.39, 0.29) is 17.6 Å². The molecule has 5 nitrogen and oxygen atoms in total. The molecule has 1 heterocycles. The van der Waals surface area contributed by atoms with Crippen molar-refractivity contribution in [3.05, 3.63) is 0 Å². The Labute approximate surface area is 97.6 Å². The van der Waals surface area contributed by atoms with Crippen LogP contribution in [0, 0.1) is 5.41 Å². The Hall–Kier alpha value is -0.200. The number of methoxy groups -OCH3 is 2. The topological polar surface area (TPSA) is 65.7 Å². The number of hydrogen-bond acceptors (Lipinski definition) is 5. The van der Waals surface area contributed by atoms with Gasteiger partial charge in [0.15, 0.2) is 0 Å². The molecule has 0 bridgehead atoms. The first-order valence-electron chi connectivity index (χ1n) is 5.68. The van der Waals surface area contributed by atoms with E-state index in [9.17, 15) is 0 Å². The molecule has 1 aliphatic heterocycles. The van der Waals surface area contributed by atoms with Crippen molar-refractivity contribution in [3.63, 3.8) is 0 Å². The second-order valence-corrected chi connectivity index (χ2v) is 4.72. The summed E-state index contributed by atoms with van der Waals surface area (Å²) in [7, 11) is 3.37.